The third-order valence-corrected chi connectivity index (χ3v) is 2.38. The molecule has 12 heavy (non-hydrogen) atoms. The van der Waals surface area contributed by atoms with Crippen molar-refractivity contribution in [3.63, 3.8) is 0 Å². The molecule has 1 N–H and O–H groups in total. The molecule has 0 aromatic rings. The van der Waals surface area contributed by atoms with Crippen molar-refractivity contribution in [3.05, 3.63) is 0 Å². The van der Waals surface area contributed by atoms with Crippen LogP contribution in [0.25, 0.3) is 0 Å². The van der Waals surface area contributed by atoms with Crippen LogP contribution in [0.3, 0.4) is 0 Å². The van der Waals surface area contributed by atoms with Crippen molar-refractivity contribution < 1.29 is 9.90 Å². The molecular weight excluding hydrogens is 178 g/mol. The number of aliphatic hydroxyl groups is 1. The van der Waals surface area contributed by atoms with Crippen LogP contribution in [-0.2, 0) is 4.79 Å². The number of likely N-dealkylation sites (tertiary alicyclic amines) is 1. The first-order chi connectivity index (χ1) is 5.65. The summed E-state index contributed by atoms with van der Waals surface area (Å²) in [6.07, 6.45) is 0.895. The number of carbonyl (C=O) groups is 1. The molecule has 1 rings (SSSR count). The molecule has 1 amide bonds. The summed E-state index contributed by atoms with van der Waals surface area (Å²) < 4.78 is 0. The quantitative estimate of drug-likeness (QED) is 0.645. The topological polar surface area (TPSA) is 40.5 Å². The zero-order valence-corrected chi connectivity index (χ0v) is 7.92. The van der Waals surface area contributed by atoms with Gasteiger partial charge in [0.15, 0.2) is 0 Å². The maximum absolute atomic E-state index is 11.3. The van der Waals surface area contributed by atoms with Gasteiger partial charge in [-0.15, -0.1) is 11.6 Å². The highest BCUT2D eigenvalue weighted by Crippen LogP contribution is 2.17. The summed E-state index contributed by atoms with van der Waals surface area (Å²) in [5, 5.41) is 8.39. The predicted molar refractivity (Wildman–Crippen MR) is 47.1 cm³/mol. The molecule has 0 spiro atoms. The molecule has 0 aromatic carbocycles. The first-order valence-corrected chi connectivity index (χ1v) is 4.62. The second-order valence-electron chi connectivity index (χ2n) is 3.24. The first-order valence-electron chi connectivity index (χ1n) is 4.19. The maximum Gasteiger partial charge on any atom is 0.240 e. The Morgan fingerprint density at radius 2 is 2.50 bits per heavy atom. The summed E-state index contributed by atoms with van der Waals surface area (Å²) >= 11 is 5.65. The fourth-order valence-electron chi connectivity index (χ4n) is 1.43. The third kappa shape index (κ3) is 2.11. The van der Waals surface area contributed by atoms with Gasteiger partial charge in [0.25, 0.3) is 0 Å². The summed E-state index contributed by atoms with van der Waals surface area (Å²) in [4.78, 5) is 13.0. The minimum absolute atomic E-state index is 0.0207. The van der Waals surface area contributed by atoms with E-state index in [0.717, 1.165) is 13.0 Å². The molecule has 0 aromatic heterocycles. The zero-order chi connectivity index (χ0) is 9.14. The molecule has 0 saturated carbocycles. The average Bonchev–Trinajstić information content (AvgIpc) is 2.50. The van der Waals surface area contributed by atoms with E-state index in [9.17, 15) is 4.79 Å². The van der Waals surface area contributed by atoms with Crippen LogP contribution in [0.15, 0.2) is 0 Å². The van der Waals surface area contributed by atoms with Crippen molar-refractivity contribution in [1.82, 2.24) is 4.90 Å². The molecule has 3 nitrogen and oxygen atoms in total. The van der Waals surface area contributed by atoms with E-state index in [4.69, 9.17) is 16.7 Å². The molecule has 0 radical (unpaired) electrons. The lowest BCUT2D eigenvalue weighted by molar-refractivity contribution is -0.129. The minimum atomic E-state index is -0.442. The van der Waals surface area contributed by atoms with E-state index in [1.165, 1.54) is 0 Å². The number of hydrogen-bond acceptors (Lipinski definition) is 2. The van der Waals surface area contributed by atoms with Crippen molar-refractivity contribution in [3.8, 4) is 0 Å². The van der Waals surface area contributed by atoms with Crippen LogP contribution in [0.2, 0.25) is 0 Å². The number of hydrogen-bond donors (Lipinski definition) is 1. The second kappa shape index (κ2) is 4.10. The summed E-state index contributed by atoms with van der Waals surface area (Å²) in [7, 11) is 0. The summed E-state index contributed by atoms with van der Waals surface area (Å²) in [5.74, 6) is 0.233. The van der Waals surface area contributed by atoms with Gasteiger partial charge in [0, 0.05) is 25.6 Å². The van der Waals surface area contributed by atoms with Crippen molar-refractivity contribution in [1.29, 1.82) is 0 Å². The van der Waals surface area contributed by atoms with Gasteiger partial charge in [-0.25, -0.2) is 0 Å². The van der Waals surface area contributed by atoms with Crippen molar-refractivity contribution in [2.45, 2.75) is 18.7 Å². The fourth-order valence-corrected chi connectivity index (χ4v) is 1.57. The number of amides is 1. The second-order valence-corrected chi connectivity index (χ2v) is 3.89. The largest absolute Gasteiger partial charge is 0.396 e. The number of carbonyl (C=O) groups excluding carboxylic acids is 1. The molecule has 1 fully saturated rings. The monoisotopic (exact) mass is 191 g/mol. The van der Waals surface area contributed by atoms with Crippen LogP contribution in [-0.4, -0.2) is 41.0 Å². The van der Waals surface area contributed by atoms with Gasteiger partial charge < -0.3 is 10.0 Å². The molecule has 4 heteroatoms. The number of alkyl halides is 1. The number of halogens is 1. The lowest BCUT2D eigenvalue weighted by Gasteiger charge is -2.17. The van der Waals surface area contributed by atoms with E-state index < -0.39 is 5.38 Å². The normalized spacial score (nSPS) is 25.9. The third-order valence-electron chi connectivity index (χ3n) is 2.20. The highest BCUT2D eigenvalue weighted by atomic mass is 35.5. The number of nitrogens with zero attached hydrogens (tertiary/aromatic N) is 1. The molecule has 1 saturated heterocycles. The van der Waals surface area contributed by atoms with Gasteiger partial charge in [-0.05, 0) is 13.3 Å². The van der Waals surface area contributed by atoms with Gasteiger partial charge in [-0.1, -0.05) is 0 Å². The Bertz CT molecular complexity index is 172. The standard InChI is InChI=1S/C8H14ClNO2/c1-6(9)8(12)10-3-2-7(4-10)5-11/h6-7,11H,2-5H2,1H3. The van der Waals surface area contributed by atoms with Gasteiger partial charge in [-0.3, -0.25) is 4.79 Å². The minimum Gasteiger partial charge on any atom is -0.396 e. The smallest absolute Gasteiger partial charge is 0.240 e. The van der Waals surface area contributed by atoms with Crippen molar-refractivity contribution in [2.75, 3.05) is 19.7 Å². The van der Waals surface area contributed by atoms with Crippen LogP contribution >= 0.6 is 11.6 Å². The lowest BCUT2D eigenvalue weighted by atomic mass is 10.1. The highest BCUT2D eigenvalue weighted by Gasteiger charge is 2.27. The van der Waals surface area contributed by atoms with E-state index in [1.807, 2.05) is 0 Å². The number of aliphatic hydroxyl groups excluding tert-OH is 1. The van der Waals surface area contributed by atoms with E-state index in [2.05, 4.69) is 0 Å². The number of rotatable bonds is 2. The zero-order valence-electron chi connectivity index (χ0n) is 7.16. The van der Waals surface area contributed by atoms with E-state index in [1.54, 1.807) is 11.8 Å². The Morgan fingerprint density at radius 3 is 2.92 bits per heavy atom. The average molecular weight is 192 g/mol. The molecule has 70 valence electrons. The van der Waals surface area contributed by atoms with Crippen LogP contribution in [0, 0.1) is 5.92 Å². The van der Waals surface area contributed by atoms with Crippen LogP contribution in [0.1, 0.15) is 13.3 Å². The Hall–Kier alpha value is -0.280. The first kappa shape index (κ1) is 9.81. The van der Waals surface area contributed by atoms with Crippen LogP contribution in [0.4, 0.5) is 0 Å². The summed E-state index contributed by atoms with van der Waals surface area (Å²) in [6.45, 7) is 3.24. The molecule has 1 aliphatic rings. The molecule has 0 aliphatic carbocycles. The summed E-state index contributed by atoms with van der Waals surface area (Å²) in [6, 6.07) is 0. The Labute approximate surface area is 77.3 Å². The van der Waals surface area contributed by atoms with E-state index in [-0.39, 0.29) is 18.4 Å². The van der Waals surface area contributed by atoms with Crippen LogP contribution in [0.5, 0.6) is 0 Å². The van der Waals surface area contributed by atoms with Crippen molar-refractivity contribution >= 4 is 17.5 Å². The molecule has 1 aliphatic heterocycles. The lowest BCUT2D eigenvalue weighted by Crippen LogP contribution is -2.34. The van der Waals surface area contributed by atoms with Gasteiger partial charge in [0.1, 0.15) is 5.38 Å². The van der Waals surface area contributed by atoms with Crippen molar-refractivity contribution in [2.24, 2.45) is 5.92 Å². The predicted octanol–water partition coefficient (Wildman–Crippen LogP) is 0.455. The molecule has 2 unspecified atom stereocenters. The van der Waals surface area contributed by atoms with Gasteiger partial charge in [0.2, 0.25) is 5.91 Å². The van der Waals surface area contributed by atoms with E-state index >= 15 is 0 Å². The van der Waals surface area contributed by atoms with Crippen LogP contribution < -0.4 is 0 Å². The van der Waals surface area contributed by atoms with E-state index in [0.29, 0.717) is 6.54 Å². The van der Waals surface area contributed by atoms with Gasteiger partial charge in [-0.2, -0.15) is 0 Å². The van der Waals surface area contributed by atoms with Gasteiger partial charge >= 0.3 is 0 Å². The Kier molecular flexibility index (Phi) is 3.35. The molecule has 1 heterocycles. The fraction of sp³-hybridized carbons (Fsp3) is 0.875. The van der Waals surface area contributed by atoms with Gasteiger partial charge in [0.05, 0.1) is 0 Å². The molecular formula is C8H14ClNO2. The Morgan fingerprint density at radius 1 is 1.83 bits per heavy atom. The Balaban J connectivity index is 2.41. The SMILES string of the molecule is CC(Cl)C(=O)N1CCC(CO)C1. The highest BCUT2D eigenvalue weighted by molar-refractivity contribution is 6.30. The maximum atomic E-state index is 11.3. The molecule has 0 bridgehead atoms. The summed E-state index contributed by atoms with van der Waals surface area (Å²) in [5.41, 5.74) is 0. The molecule has 2 atom stereocenters.